The minimum absolute atomic E-state index is 0.0529. The molecule has 1 unspecified atom stereocenters. The Bertz CT molecular complexity index is 896. The second-order valence-electron chi connectivity index (χ2n) is 5.28. The Labute approximate surface area is 160 Å². The molecule has 1 N–H and O–H groups in total. The smallest absolute Gasteiger partial charge is 0.416 e. The van der Waals surface area contributed by atoms with Crippen molar-refractivity contribution in [2.24, 2.45) is 0 Å². The van der Waals surface area contributed by atoms with Crippen LogP contribution in [-0.4, -0.2) is 38.1 Å². The van der Waals surface area contributed by atoms with Crippen LogP contribution < -0.4 is 5.32 Å². The zero-order chi connectivity index (χ0) is 20.4. The molecule has 0 aliphatic rings. The lowest BCUT2D eigenvalue weighted by Crippen LogP contribution is -2.43. The highest BCUT2D eigenvalue weighted by Gasteiger charge is 2.32. The molecule has 6 nitrogen and oxygen atoms in total. The van der Waals surface area contributed by atoms with Crippen LogP contribution in [0.3, 0.4) is 0 Å². The van der Waals surface area contributed by atoms with Gasteiger partial charge in [0.1, 0.15) is 10.9 Å². The van der Waals surface area contributed by atoms with Gasteiger partial charge in [0.05, 0.1) is 31.2 Å². The first kappa shape index (κ1) is 21.0. The van der Waals surface area contributed by atoms with Crippen molar-refractivity contribution < 1.29 is 37.0 Å². The molecule has 0 fully saturated rings. The van der Waals surface area contributed by atoms with Crippen molar-refractivity contribution in [3.05, 3.63) is 33.7 Å². The second kappa shape index (κ2) is 8.13. The fraction of sp³-hybridized carbons (Fsp3) is 0.312. The molecule has 1 aromatic heterocycles. The van der Waals surface area contributed by atoms with Gasteiger partial charge < -0.3 is 14.8 Å². The number of alkyl halides is 3. The number of amides is 1. The van der Waals surface area contributed by atoms with Gasteiger partial charge in [0.15, 0.2) is 0 Å². The van der Waals surface area contributed by atoms with E-state index >= 15 is 0 Å². The summed E-state index contributed by atoms with van der Waals surface area (Å²) in [4.78, 5) is 35.5. The van der Waals surface area contributed by atoms with Crippen LogP contribution in [0.15, 0.2) is 18.2 Å². The highest BCUT2D eigenvalue weighted by molar-refractivity contribution is 7.21. The molecule has 0 radical (unpaired) electrons. The summed E-state index contributed by atoms with van der Waals surface area (Å²) in [5.74, 6) is -2.47. The summed E-state index contributed by atoms with van der Waals surface area (Å²) in [5, 5.41) is 2.50. The van der Waals surface area contributed by atoms with Crippen molar-refractivity contribution in [2.75, 3.05) is 14.2 Å². The molecule has 27 heavy (non-hydrogen) atoms. The number of benzene rings is 1. The molecule has 0 spiro atoms. The maximum atomic E-state index is 12.8. The number of thiophene rings is 1. The minimum Gasteiger partial charge on any atom is -0.469 e. The summed E-state index contributed by atoms with van der Waals surface area (Å²) in [6.45, 7) is 0. The summed E-state index contributed by atoms with van der Waals surface area (Å²) < 4.78 is 47.6. The largest absolute Gasteiger partial charge is 0.469 e. The predicted molar refractivity (Wildman–Crippen MR) is 91.7 cm³/mol. The van der Waals surface area contributed by atoms with E-state index in [9.17, 15) is 27.6 Å². The Kier molecular flexibility index (Phi) is 6.32. The fourth-order valence-corrected chi connectivity index (χ4v) is 3.66. The maximum Gasteiger partial charge on any atom is 0.416 e. The monoisotopic (exact) mass is 423 g/mol. The summed E-state index contributed by atoms with van der Waals surface area (Å²) in [6, 6.07) is 1.58. The number of fused-ring (bicyclic) bond motifs is 1. The second-order valence-corrected chi connectivity index (χ2v) is 6.71. The molecule has 11 heteroatoms. The third-order valence-electron chi connectivity index (χ3n) is 3.55. The van der Waals surface area contributed by atoms with Gasteiger partial charge in [0.2, 0.25) is 0 Å². The predicted octanol–water partition coefficient (Wildman–Crippen LogP) is 3.41. The van der Waals surface area contributed by atoms with Crippen LogP contribution >= 0.6 is 22.9 Å². The number of rotatable bonds is 5. The number of methoxy groups -OCH3 is 2. The van der Waals surface area contributed by atoms with Gasteiger partial charge >= 0.3 is 18.1 Å². The topological polar surface area (TPSA) is 81.7 Å². The van der Waals surface area contributed by atoms with Gasteiger partial charge in [0, 0.05) is 10.1 Å². The van der Waals surface area contributed by atoms with E-state index in [1.54, 1.807) is 0 Å². The molecular formula is C16H13ClF3NO5S. The Morgan fingerprint density at radius 3 is 2.44 bits per heavy atom. The van der Waals surface area contributed by atoms with E-state index in [0.29, 0.717) is 0 Å². The fourth-order valence-electron chi connectivity index (χ4n) is 2.20. The lowest BCUT2D eigenvalue weighted by Gasteiger charge is -2.14. The highest BCUT2D eigenvalue weighted by atomic mass is 35.5. The van der Waals surface area contributed by atoms with Gasteiger partial charge in [-0.3, -0.25) is 9.59 Å². The van der Waals surface area contributed by atoms with Crippen molar-refractivity contribution >= 4 is 50.9 Å². The van der Waals surface area contributed by atoms with Gasteiger partial charge in [-0.15, -0.1) is 11.3 Å². The quantitative estimate of drug-likeness (QED) is 0.745. The SMILES string of the molecule is COC(=O)CC(NC(=O)c1sc2cc(C(F)(F)F)ccc2c1Cl)C(=O)OC. The van der Waals surface area contributed by atoms with Gasteiger partial charge in [-0.2, -0.15) is 13.2 Å². The van der Waals surface area contributed by atoms with Crippen molar-refractivity contribution in [1.29, 1.82) is 0 Å². The molecule has 2 aromatic rings. The lowest BCUT2D eigenvalue weighted by molar-refractivity contribution is -0.149. The standard InChI is InChI=1S/C16H13ClF3NO5S/c1-25-11(22)6-9(15(24)26-2)21-14(23)13-12(17)8-4-3-7(16(18,19)20)5-10(8)27-13/h3-5,9H,6H2,1-2H3,(H,21,23). The Morgan fingerprint density at radius 1 is 1.22 bits per heavy atom. The summed E-state index contributed by atoms with van der Waals surface area (Å²) >= 11 is 6.85. The normalized spacial score (nSPS) is 12.5. The zero-order valence-electron chi connectivity index (χ0n) is 14.0. The van der Waals surface area contributed by atoms with E-state index in [-0.39, 0.29) is 20.0 Å². The first-order valence-corrected chi connectivity index (χ1v) is 8.52. The van der Waals surface area contributed by atoms with Crippen LogP contribution in [0.25, 0.3) is 10.1 Å². The molecule has 1 aromatic carbocycles. The molecule has 0 saturated carbocycles. The van der Waals surface area contributed by atoms with Crippen molar-refractivity contribution in [3.8, 4) is 0 Å². The molecular weight excluding hydrogens is 411 g/mol. The number of esters is 2. The van der Waals surface area contributed by atoms with Gasteiger partial charge in [-0.1, -0.05) is 17.7 Å². The van der Waals surface area contributed by atoms with E-state index in [1.807, 2.05) is 0 Å². The van der Waals surface area contributed by atoms with Crippen molar-refractivity contribution in [2.45, 2.75) is 18.6 Å². The molecule has 1 amide bonds. The average molecular weight is 424 g/mol. The number of carbonyl (C=O) groups excluding carboxylic acids is 3. The van der Waals surface area contributed by atoms with E-state index in [2.05, 4.69) is 14.8 Å². The van der Waals surface area contributed by atoms with Crippen molar-refractivity contribution in [1.82, 2.24) is 5.32 Å². The molecule has 0 bridgehead atoms. The van der Waals surface area contributed by atoms with Crippen LogP contribution in [0.2, 0.25) is 5.02 Å². The first-order chi connectivity index (χ1) is 12.6. The third-order valence-corrected chi connectivity index (χ3v) is 5.21. The van der Waals surface area contributed by atoms with Gasteiger partial charge in [0.25, 0.3) is 5.91 Å². The van der Waals surface area contributed by atoms with E-state index in [1.165, 1.54) is 6.07 Å². The first-order valence-electron chi connectivity index (χ1n) is 7.33. The summed E-state index contributed by atoms with van der Waals surface area (Å²) in [6.07, 6.45) is -5.01. The van der Waals surface area contributed by atoms with Crippen LogP contribution in [0, 0.1) is 0 Å². The molecule has 0 aliphatic heterocycles. The molecule has 0 saturated heterocycles. The van der Waals surface area contributed by atoms with E-state index in [0.717, 1.165) is 37.7 Å². The number of ether oxygens (including phenoxy) is 2. The van der Waals surface area contributed by atoms with Gasteiger partial charge in [-0.05, 0) is 12.1 Å². The maximum absolute atomic E-state index is 12.8. The third kappa shape index (κ3) is 4.69. The number of hydrogen-bond acceptors (Lipinski definition) is 6. The Morgan fingerprint density at radius 2 is 1.89 bits per heavy atom. The number of halogens is 4. The van der Waals surface area contributed by atoms with E-state index < -0.39 is 42.0 Å². The molecule has 146 valence electrons. The van der Waals surface area contributed by atoms with Gasteiger partial charge in [-0.25, -0.2) is 4.79 Å². The minimum atomic E-state index is -4.54. The van der Waals surface area contributed by atoms with Crippen LogP contribution in [0.5, 0.6) is 0 Å². The Hall–Kier alpha value is -2.33. The number of nitrogens with one attached hydrogen (secondary N) is 1. The van der Waals surface area contributed by atoms with Crippen LogP contribution in [-0.2, 0) is 25.2 Å². The number of hydrogen-bond donors (Lipinski definition) is 1. The highest BCUT2D eigenvalue weighted by Crippen LogP contribution is 2.39. The lowest BCUT2D eigenvalue weighted by atomic mass is 10.1. The molecule has 1 heterocycles. The summed E-state index contributed by atoms with van der Waals surface area (Å²) in [7, 11) is 2.18. The molecule has 0 aliphatic carbocycles. The van der Waals surface area contributed by atoms with Crippen LogP contribution in [0.4, 0.5) is 13.2 Å². The molecule has 2 rings (SSSR count). The summed E-state index contributed by atoms with van der Waals surface area (Å²) in [5.41, 5.74) is -0.877. The number of carbonyl (C=O) groups is 3. The van der Waals surface area contributed by atoms with E-state index in [4.69, 9.17) is 11.6 Å². The van der Waals surface area contributed by atoms with Crippen molar-refractivity contribution in [3.63, 3.8) is 0 Å². The molecule has 1 atom stereocenters. The average Bonchev–Trinajstić information content (AvgIpc) is 2.95. The Balaban J connectivity index is 2.34. The zero-order valence-corrected chi connectivity index (χ0v) is 15.6. The van der Waals surface area contributed by atoms with Crippen LogP contribution in [0.1, 0.15) is 21.7 Å².